The summed E-state index contributed by atoms with van der Waals surface area (Å²) in [6, 6.07) is 1.09. The van der Waals surface area contributed by atoms with Crippen LogP contribution in [0.4, 0.5) is 0 Å². The number of amides is 2. The van der Waals surface area contributed by atoms with E-state index in [9.17, 15) is 14.4 Å². The smallest absolute Gasteiger partial charge is 0.252 e. The van der Waals surface area contributed by atoms with Crippen LogP contribution in [0.2, 0.25) is 0 Å². The number of Topliss-reactive ketones (excluding diaryl/α,β-unsaturated/α-hetero) is 1. The van der Waals surface area contributed by atoms with E-state index >= 15 is 0 Å². The van der Waals surface area contributed by atoms with E-state index in [4.69, 9.17) is 4.74 Å². The molecule has 1 aliphatic carbocycles. The van der Waals surface area contributed by atoms with Gasteiger partial charge in [0, 0.05) is 5.38 Å². The predicted octanol–water partition coefficient (Wildman–Crippen LogP) is 2.29. The molecule has 1 aliphatic heterocycles. The van der Waals surface area contributed by atoms with Gasteiger partial charge in [-0.1, -0.05) is 25.7 Å². The molecule has 1 aromatic rings. The molecule has 6 nitrogen and oxygen atoms in total. The molecule has 7 heteroatoms. The van der Waals surface area contributed by atoms with E-state index < -0.39 is 17.7 Å². The Hall–Kier alpha value is -1.73. The topological polar surface area (TPSA) is 84.5 Å². The number of carbonyl (C=O) groups is 3. The van der Waals surface area contributed by atoms with Crippen LogP contribution in [0.5, 0.6) is 0 Å². The van der Waals surface area contributed by atoms with Crippen LogP contribution in [-0.4, -0.2) is 41.9 Å². The van der Waals surface area contributed by atoms with Gasteiger partial charge in [-0.25, -0.2) is 0 Å². The number of hydrogen-bond donors (Lipinski definition) is 2. The molecule has 2 N–H and O–H groups in total. The average Bonchev–Trinajstić information content (AvgIpc) is 3.34. The first-order chi connectivity index (χ1) is 12.4. The lowest BCUT2D eigenvalue weighted by Gasteiger charge is -2.30. The van der Waals surface area contributed by atoms with Crippen molar-refractivity contribution in [3.63, 3.8) is 0 Å². The van der Waals surface area contributed by atoms with Crippen molar-refractivity contribution in [1.82, 2.24) is 10.6 Å². The van der Waals surface area contributed by atoms with E-state index in [1.807, 2.05) is 5.38 Å². The number of ketones is 1. The third-order valence-corrected chi connectivity index (χ3v) is 6.37. The van der Waals surface area contributed by atoms with E-state index in [0.717, 1.165) is 12.8 Å². The summed E-state index contributed by atoms with van der Waals surface area (Å²) in [5, 5.41) is 9.32. The summed E-state index contributed by atoms with van der Waals surface area (Å²) in [5.74, 6) is -0.276. The summed E-state index contributed by atoms with van der Waals surface area (Å²) >= 11 is 1.44. The van der Waals surface area contributed by atoms with Crippen molar-refractivity contribution < 1.29 is 19.1 Å². The molecule has 1 saturated carbocycles. The van der Waals surface area contributed by atoms with Crippen molar-refractivity contribution in [2.45, 2.75) is 63.6 Å². The van der Waals surface area contributed by atoms with Crippen molar-refractivity contribution >= 4 is 28.9 Å². The maximum absolute atomic E-state index is 13.0. The molecule has 1 saturated heterocycles. The third kappa shape index (κ3) is 3.99. The molecule has 0 radical (unpaired) electrons. The summed E-state index contributed by atoms with van der Waals surface area (Å²) < 4.78 is 5.38. The quantitative estimate of drug-likeness (QED) is 0.795. The molecule has 2 amide bonds. The van der Waals surface area contributed by atoms with E-state index in [-0.39, 0.29) is 24.2 Å². The lowest BCUT2D eigenvalue weighted by Crippen LogP contribution is -2.60. The van der Waals surface area contributed by atoms with Crippen molar-refractivity contribution in [3.8, 4) is 0 Å². The summed E-state index contributed by atoms with van der Waals surface area (Å²) in [6.07, 6.45) is 4.69. The molecule has 0 aromatic carbocycles. The zero-order valence-electron chi connectivity index (χ0n) is 15.2. The number of nitrogens with one attached hydrogen (secondary N) is 2. The van der Waals surface area contributed by atoms with Gasteiger partial charge in [0.1, 0.15) is 18.2 Å². The highest BCUT2D eigenvalue weighted by Crippen LogP contribution is 2.29. The van der Waals surface area contributed by atoms with Crippen LogP contribution < -0.4 is 10.6 Å². The molecule has 3 unspecified atom stereocenters. The lowest BCUT2D eigenvalue weighted by atomic mass is 9.91. The molecule has 142 valence electrons. The molecule has 0 bridgehead atoms. The van der Waals surface area contributed by atoms with Gasteiger partial charge in [0.05, 0.1) is 11.7 Å². The monoisotopic (exact) mass is 378 g/mol. The van der Waals surface area contributed by atoms with Crippen molar-refractivity contribution in [2.24, 2.45) is 5.92 Å². The fourth-order valence-corrected chi connectivity index (χ4v) is 4.34. The van der Waals surface area contributed by atoms with Crippen LogP contribution in [0.1, 0.15) is 56.3 Å². The Labute approximate surface area is 157 Å². The second-order valence-electron chi connectivity index (χ2n) is 7.49. The molecule has 0 spiro atoms. The van der Waals surface area contributed by atoms with Gasteiger partial charge >= 0.3 is 0 Å². The summed E-state index contributed by atoms with van der Waals surface area (Å²) in [4.78, 5) is 37.6. The first kappa shape index (κ1) is 19.0. The number of ether oxygens (including phenoxy) is 1. The van der Waals surface area contributed by atoms with Gasteiger partial charge in [-0.05, 0) is 37.6 Å². The molecule has 3 rings (SSSR count). The SMILES string of the molecule is CC1OCC(=O)C1(C)NC(=O)C(CC1CCCC1)NC(=O)c1ccsc1. The van der Waals surface area contributed by atoms with Crippen molar-refractivity contribution in [2.75, 3.05) is 6.61 Å². The van der Waals surface area contributed by atoms with Crippen LogP contribution >= 0.6 is 11.3 Å². The minimum Gasteiger partial charge on any atom is -0.368 e. The molecule has 3 atom stereocenters. The molecule has 1 aromatic heterocycles. The van der Waals surface area contributed by atoms with Gasteiger partial charge in [-0.3, -0.25) is 14.4 Å². The highest BCUT2D eigenvalue weighted by atomic mass is 32.1. The van der Waals surface area contributed by atoms with Crippen molar-refractivity contribution in [3.05, 3.63) is 22.4 Å². The van der Waals surface area contributed by atoms with Crippen LogP contribution in [0.25, 0.3) is 0 Å². The Kier molecular flexibility index (Phi) is 5.77. The van der Waals surface area contributed by atoms with Crippen LogP contribution in [-0.2, 0) is 14.3 Å². The van der Waals surface area contributed by atoms with Crippen molar-refractivity contribution in [1.29, 1.82) is 0 Å². The number of rotatable bonds is 6. The van der Waals surface area contributed by atoms with Gasteiger partial charge in [0.15, 0.2) is 5.78 Å². The molecule has 2 heterocycles. The van der Waals surface area contributed by atoms with E-state index in [1.54, 1.807) is 25.3 Å². The maximum atomic E-state index is 13.0. The Morgan fingerprint density at radius 2 is 2.12 bits per heavy atom. The minimum absolute atomic E-state index is 0.00645. The van der Waals surface area contributed by atoms with Gasteiger partial charge in [0.25, 0.3) is 5.91 Å². The summed E-state index contributed by atoms with van der Waals surface area (Å²) in [7, 11) is 0. The fraction of sp³-hybridized carbons (Fsp3) is 0.632. The molecular weight excluding hydrogens is 352 g/mol. The Bertz CT molecular complexity index is 669. The van der Waals surface area contributed by atoms with E-state index in [2.05, 4.69) is 10.6 Å². The fourth-order valence-electron chi connectivity index (χ4n) is 3.70. The Morgan fingerprint density at radius 3 is 2.69 bits per heavy atom. The van der Waals surface area contributed by atoms with E-state index in [0.29, 0.717) is 17.9 Å². The number of hydrogen-bond acceptors (Lipinski definition) is 5. The Morgan fingerprint density at radius 1 is 1.38 bits per heavy atom. The molecule has 2 fully saturated rings. The van der Waals surface area contributed by atoms with Gasteiger partial charge in [-0.2, -0.15) is 11.3 Å². The highest BCUT2D eigenvalue weighted by Gasteiger charge is 2.47. The normalized spacial score (nSPS) is 27.5. The molecular formula is C19H26N2O4S. The van der Waals surface area contributed by atoms with Gasteiger partial charge in [-0.15, -0.1) is 0 Å². The Balaban J connectivity index is 1.72. The average molecular weight is 378 g/mol. The first-order valence-electron chi connectivity index (χ1n) is 9.20. The summed E-state index contributed by atoms with van der Waals surface area (Å²) in [5.41, 5.74) is -0.489. The highest BCUT2D eigenvalue weighted by molar-refractivity contribution is 7.08. The van der Waals surface area contributed by atoms with Gasteiger partial charge in [0.2, 0.25) is 5.91 Å². The molecule has 2 aliphatic rings. The lowest BCUT2D eigenvalue weighted by molar-refractivity contribution is -0.131. The van der Waals surface area contributed by atoms with E-state index in [1.165, 1.54) is 24.2 Å². The zero-order valence-corrected chi connectivity index (χ0v) is 16.1. The van der Waals surface area contributed by atoms with Crippen LogP contribution in [0, 0.1) is 5.92 Å². The van der Waals surface area contributed by atoms with Crippen LogP contribution in [0.3, 0.4) is 0 Å². The predicted molar refractivity (Wildman–Crippen MR) is 99.1 cm³/mol. The first-order valence-corrected chi connectivity index (χ1v) is 10.1. The third-order valence-electron chi connectivity index (χ3n) is 5.69. The van der Waals surface area contributed by atoms with Gasteiger partial charge < -0.3 is 15.4 Å². The number of carbonyl (C=O) groups excluding carboxylic acids is 3. The second kappa shape index (κ2) is 7.88. The number of thiophene rings is 1. The van der Waals surface area contributed by atoms with Crippen LogP contribution in [0.15, 0.2) is 16.8 Å². The standard InChI is InChI=1S/C19H26N2O4S/c1-12-19(2,16(22)10-25-12)21-18(24)15(9-13-5-3-4-6-13)20-17(23)14-7-8-26-11-14/h7-8,11-13,15H,3-6,9-10H2,1-2H3,(H,20,23)(H,21,24). The summed E-state index contributed by atoms with van der Waals surface area (Å²) in [6.45, 7) is 3.48. The second-order valence-corrected chi connectivity index (χ2v) is 8.27. The zero-order chi connectivity index (χ0) is 18.7. The maximum Gasteiger partial charge on any atom is 0.252 e. The minimum atomic E-state index is -1.04. The largest absolute Gasteiger partial charge is 0.368 e. The molecule has 26 heavy (non-hydrogen) atoms.